The Hall–Kier alpha value is -2.84. The highest BCUT2D eigenvalue weighted by Crippen LogP contribution is 2.29. The Kier molecular flexibility index (Phi) is 4.91. The molecule has 0 fully saturated rings. The summed E-state index contributed by atoms with van der Waals surface area (Å²) in [6.45, 7) is -0.193. The highest BCUT2D eigenvalue weighted by Gasteiger charge is 2.29. The van der Waals surface area contributed by atoms with Crippen LogP contribution in [0.3, 0.4) is 0 Å². The van der Waals surface area contributed by atoms with Crippen molar-refractivity contribution < 1.29 is 18.0 Å². The molecule has 1 aromatic carbocycles. The van der Waals surface area contributed by atoms with E-state index in [0.29, 0.717) is 5.56 Å². The zero-order valence-corrected chi connectivity index (χ0v) is 12.6. The van der Waals surface area contributed by atoms with Crippen molar-refractivity contribution in [3.05, 3.63) is 68.5 Å². The van der Waals surface area contributed by atoms with E-state index in [1.165, 1.54) is 30.3 Å². The minimum Gasteiger partial charge on any atom is -0.340 e. The number of halogens is 3. The summed E-state index contributed by atoms with van der Waals surface area (Å²) in [5.41, 5.74) is -1.52. The topological polar surface area (TPSA) is 75.2 Å². The first-order chi connectivity index (χ1) is 11.2. The van der Waals surface area contributed by atoms with Gasteiger partial charge in [-0.15, -0.1) is 0 Å². The summed E-state index contributed by atoms with van der Waals surface area (Å²) in [6, 6.07) is 5.59. The van der Waals surface area contributed by atoms with Gasteiger partial charge in [0, 0.05) is 25.9 Å². The van der Waals surface area contributed by atoms with E-state index in [2.05, 4.69) is 0 Å². The molecule has 24 heavy (non-hydrogen) atoms. The molecular formula is C15H14F3N3O3. The van der Waals surface area contributed by atoms with Crippen LogP contribution >= 0.6 is 0 Å². The second-order valence-electron chi connectivity index (χ2n) is 5.18. The Morgan fingerprint density at radius 2 is 1.79 bits per heavy atom. The molecule has 1 N–H and O–H groups in total. The summed E-state index contributed by atoms with van der Waals surface area (Å²) in [6.07, 6.45) is -3.21. The van der Waals surface area contributed by atoms with Crippen LogP contribution in [-0.2, 0) is 24.1 Å². The highest BCUT2D eigenvalue weighted by molar-refractivity contribution is 5.75. The molecule has 0 atom stereocenters. The Balaban J connectivity index is 2.03. The lowest BCUT2D eigenvalue weighted by Crippen LogP contribution is -2.36. The van der Waals surface area contributed by atoms with Crippen molar-refractivity contribution in [1.29, 1.82) is 0 Å². The van der Waals surface area contributed by atoms with Gasteiger partial charge in [0.2, 0.25) is 5.91 Å². The van der Waals surface area contributed by atoms with Gasteiger partial charge in [0.25, 0.3) is 5.56 Å². The van der Waals surface area contributed by atoms with Crippen molar-refractivity contribution in [2.24, 2.45) is 0 Å². The molecule has 1 amide bonds. The van der Waals surface area contributed by atoms with Gasteiger partial charge in [0.1, 0.15) is 6.54 Å². The molecule has 2 rings (SSSR count). The molecule has 0 saturated carbocycles. The van der Waals surface area contributed by atoms with Crippen molar-refractivity contribution in [2.75, 3.05) is 7.05 Å². The summed E-state index contributed by atoms with van der Waals surface area (Å²) >= 11 is 0. The van der Waals surface area contributed by atoms with Crippen LogP contribution in [-0.4, -0.2) is 27.4 Å². The predicted molar refractivity (Wildman–Crippen MR) is 79.2 cm³/mol. The molecular weight excluding hydrogens is 327 g/mol. The molecule has 1 aromatic heterocycles. The number of amides is 1. The third-order valence-corrected chi connectivity index (χ3v) is 3.33. The Morgan fingerprint density at radius 3 is 2.33 bits per heavy atom. The van der Waals surface area contributed by atoms with Gasteiger partial charge in [-0.3, -0.25) is 19.1 Å². The normalized spacial score (nSPS) is 11.3. The third kappa shape index (κ3) is 4.34. The SMILES string of the molecule is CN(Cc1ccc(C(F)(F)F)cc1)C(=O)Cn1ccc(=O)[nH]c1=O. The summed E-state index contributed by atoms with van der Waals surface area (Å²) in [5.74, 6) is -0.427. The lowest BCUT2D eigenvalue weighted by molar-refractivity contribution is -0.137. The first kappa shape index (κ1) is 17.5. The monoisotopic (exact) mass is 341 g/mol. The lowest BCUT2D eigenvalue weighted by atomic mass is 10.1. The summed E-state index contributed by atoms with van der Waals surface area (Å²) in [7, 11) is 1.47. The van der Waals surface area contributed by atoms with Crippen LogP contribution in [0.2, 0.25) is 0 Å². The van der Waals surface area contributed by atoms with Crippen LogP contribution in [0.15, 0.2) is 46.1 Å². The minimum absolute atomic E-state index is 0.0923. The highest BCUT2D eigenvalue weighted by atomic mass is 19.4. The van der Waals surface area contributed by atoms with Gasteiger partial charge in [-0.1, -0.05) is 12.1 Å². The Labute approximate surface area is 134 Å². The average molecular weight is 341 g/mol. The van der Waals surface area contributed by atoms with Gasteiger partial charge in [-0.2, -0.15) is 13.2 Å². The van der Waals surface area contributed by atoms with Crippen LogP contribution in [0, 0.1) is 0 Å². The molecule has 0 aliphatic heterocycles. The number of rotatable bonds is 4. The van der Waals surface area contributed by atoms with Crippen LogP contribution < -0.4 is 11.2 Å². The summed E-state index contributed by atoms with van der Waals surface area (Å²) in [5, 5.41) is 0. The van der Waals surface area contributed by atoms with Crippen LogP contribution in [0.1, 0.15) is 11.1 Å². The number of nitrogens with zero attached hydrogens (tertiary/aromatic N) is 2. The number of alkyl halides is 3. The molecule has 6 nitrogen and oxygen atoms in total. The number of hydrogen-bond acceptors (Lipinski definition) is 3. The fourth-order valence-electron chi connectivity index (χ4n) is 2.00. The quantitative estimate of drug-likeness (QED) is 0.908. The number of carbonyl (C=O) groups is 1. The fraction of sp³-hybridized carbons (Fsp3) is 0.267. The second-order valence-corrected chi connectivity index (χ2v) is 5.18. The number of hydrogen-bond donors (Lipinski definition) is 1. The number of benzene rings is 1. The zero-order valence-electron chi connectivity index (χ0n) is 12.6. The number of likely N-dealkylation sites (N-methyl/N-ethyl adjacent to an activating group) is 1. The maximum Gasteiger partial charge on any atom is 0.416 e. The van der Waals surface area contributed by atoms with Gasteiger partial charge in [-0.25, -0.2) is 4.79 Å². The van der Waals surface area contributed by atoms with E-state index in [4.69, 9.17) is 0 Å². The van der Waals surface area contributed by atoms with Crippen LogP contribution in [0.4, 0.5) is 13.2 Å². The van der Waals surface area contributed by atoms with Crippen molar-refractivity contribution in [3.63, 3.8) is 0 Å². The molecule has 9 heteroatoms. The number of aromatic nitrogens is 2. The first-order valence-corrected chi connectivity index (χ1v) is 6.86. The minimum atomic E-state index is -4.41. The second kappa shape index (κ2) is 6.73. The van der Waals surface area contributed by atoms with Crippen molar-refractivity contribution in [1.82, 2.24) is 14.5 Å². The molecule has 0 saturated heterocycles. The maximum atomic E-state index is 12.5. The number of H-pyrrole nitrogens is 1. The summed E-state index contributed by atoms with van der Waals surface area (Å²) in [4.78, 5) is 37.9. The van der Waals surface area contributed by atoms with Gasteiger partial charge in [0.15, 0.2) is 0 Å². The van der Waals surface area contributed by atoms with Gasteiger partial charge in [0.05, 0.1) is 5.56 Å². The van der Waals surface area contributed by atoms with Crippen LogP contribution in [0.25, 0.3) is 0 Å². The third-order valence-electron chi connectivity index (χ3n) is 3.33. The molecule has 0 aliphatic carbocycles. The predicted octanol–water partition coefficient (Wildman–Crippen LogP) is 1.21. The maximum absolute atomic E-state index is 12.5. The standard InChI is InChI=1S/C15H14F3N3O3/c1-20(8-10-2-4-11(5-3-10)15(16,17)18)13(23)9-21-7-6-12(22)19-14(21)24/h2-7H,8-9H2,1H3,(H,19,22,24). The van der Waals surface area contributed by atoms with Gasteiger partial charge < -0.3 is 4.90 Å². The first-order valence-electron chi connectivity index (χ1n) is 6.86. The van der Waals surface area contributed by atoms with E-state index in [1.54, 1.807) is 0 Å². The van der Waals surface area contributed by atoms with Crippen LogP contribution in [0.5, 0.6) is 0 Å². The summed E-state index contributed by atoms with van der Waals surface area (Å²) < 4.78 is 38.5. The van der Waals surface area contributed by atoms with E-state index in [0.717, 1.165) is 22.8 Å². The van der Waals surface area contributed by atoms with E-state index in [-0.39, 0.29) is 13.1 Å². The van der Waals surface area contributed by atoms with Crippen molar-refractivity contribution >= 4 is 5.91 Å². The van der Waals surface area contributed by atoms with E-state index in [9.17, 15) is 27.6 Å². The van der Waals surface area contributed by atoms with E-state index >= 15 is 0 Å². The van der Waals surface area contributed by atoms with Gasteiger partial charge >= 0.3 is 11.9 Å². The van der Waals surface area contributed by atoms with Gasteiger partial charge in [-0.05, 0) is 17.7 Å². The van der Waals surface area contributed by atoms with E-state index < -0.39 is 28.9 Å². The molecule has 2 aromatic rings. The van der Waals surface area contributed by atoms with E-state index in [1.807, 2.05) is 4.98 Å². The fourth-order valence-corrected chi connectivity index (χ4v) is 2.00. The largest absolute Gasteiger partial charge is 0.416 e. The van der Waals surface area contributed by atoms with Crippen molar-refractivity contribution in [3.8, 4) is 0 Å². The number of nitrogens with one attached hydrogen (secondary N) is 1. The molecule has 128 valence electrons. The zero-order chi connectivity index (χ0) is 17.9. The number of carbonyl (C=O) groups excluding carboxylic acids is 1. The van der Waals surface area contributed by atoms with Crippen molar-refractivity contribution in [2.45, 2.75) is 19.3 Å². The Morgan fingerprint density at radius 1 is 1.17 bits per heavy atom. The molecule has 0 bridgehead atoms. The smallest absolute Gasteiger partial charge is 0.340 e. The lowest BCUT2D eigenvalue weighted by Gasteiger charge is -2.18. The molecule has 0 aliphatic rings. The Bertz CT molecular complexity index is 838. The molecule has 0 unspecified atom stereocenters. The molecule has 1 heterocycles. The molecule has 0 radical (unpaired) electrons. The average Bonchev–Trinajstić information content (AvgIpc) is 2.49. The number of aromatic amines is 1. The molecule has 0 spiro atoms.